The smallest absolute Gasteiger partial charge is 0.271 e. The topological polar surface area (TPSA) is 75.1 Å². The summed E-state index contributed by atoms with van der Waals surface area (Å²) < 4.78 is 0. The van der Waals surface area contributed by atoms with Gasteiger partial charge in [0, 0.05) is 11.9 Å². The van der Waals surface area contributed by atoms with E-state index in [2.05, 4.69) is 27.1 Å². The van der Waals surface area contributed by atoms with Crippen LogP contribution in [-0.4, -0.2) is 27.6 Å². The molecule has 0 unspecified atom stereocenters. The molecule has 0 saturated heterocycles. The Morgan fingerprint density at radius 3 is 2.95 bits per heavy atom. The number of nitrogens with one attached hydrogen (secondary N) is 1. The lowest BCUT2D eigenvalue weighted by Gasteiger charge is -2.06. The van der Waals surface area contributed by atoms with Crippen LogP contribution in [0, 0.1) is 18.8 Å². The molecule has 0 radical (unpaired) electrons. The number of nitrogens with zero attached hydrogens (tertiary/aromatic N) is 2. The summed E-state index contributed by atoms with van der Waals surface area (Å²) in [5, 5.41) is 11.5. The fraction of sp³-hybridized carbons (Fsp3) is 0.188. The highest BCUT2D eigenvalue weighted by atomic mass is 16.2. The molecule has 2 heterocycles. The van der Waals surface area contributed by atoms with Crippen molar-refractivity contribution in [2.45, 2.75) is 13.5 Å². The predicted molar refractivity (Wildman–Crippen MR) is 78.3 cm³/mol. The number of aryl methyl sites for hydroxylation is 1. The van der Waals surface area contributed by atoms with Gasteiger partial charge in [-0.1, -0.05) is 17.9 Å². The number of pyridine rings is 2. The van der Waals surface area contributed by atoms with Gasteiger partial charge in [0.1, 0.15) is 12.3 Å². The normalized spacial score (nSPS) is 9.62. The largest absolute Gasteiger partial charge is 0.384 e. The molecule has 2 aromatic heterocycles. The van der Waals surface area contributed by atoms with Crippen molar-refractivity contribution in [2.24, 2.45) is 0 Å². The molecule has 106 valence electrons. The van der Waals surface area contributed by atoms with Gasteiger partial charge < -0.3 is 10.4 Å². The first-order valence-electron chi connectivity index (χ1n) is 6.46. The Kier molecular flexibility index (Phi) is 5.02. The van der Waals surface area contributed by atoms with Crippen LogP contribution in [-0.2, 0) is 6.54 Å². The van der Waals surface area contributed by atoms with E-state index in [1.165, 1.54) is 6.20 Å². The van der Waals surface area contributed by atoms with Crippen molar-refractivity contribution in [3.8, 4) is 11.8 Å². The van der Waals surface area contributed by atoms with E-state index in [9.17, 15) is 4.79 Å². The van der Waals surface area contributed by atoms with Crippen LogP contribution in [0.3, 0.4) is 0 Å². The second-order valence-corrected chi connectivity index (χ2v) is 4.31. The Bertz CT molecular complexity index is 702. The highest BCUT2D eigenvalue weighted by Gasteiger charge is 2.11. The van der Waals surface area contributed by atoms with Gasteiger partial charge in [0.25, 0.3) is 5.91 Å². The SMILES string of the molecule is Cc1cccc(CNC(=O)c2ncccc2C#CCO)n1. The standard InChI is InChI=1S/C16H15N3O2/c1-12-5-2-8-14(19-12)11-18-16(21)15-13(7-4-10-20)6-3-9-17-15/h2-3,5-6,8-9,20H,10-11H2,1H3,(H,18,21). The maximum Gasteiger partial charge on any atom is 0.271 e. The molecule has 0 fully saturated rings. The third-order valence-corrected chi connectivity index (χ3v) is 2.70. The summed E-state index contributed by atoms with van der Waals surface area (Å²) in [6, 6.07) is 9.02. The van der Waals surface area contributed by atoms with Gasteiger partial charge in [0.05, 0.1) is 17.8 Å². The molecule has 0 aliphatic carbocycles. The lowest BCUT2D eigenvalue weighted by Crippen LogP contribution is -2.25. The van der Waals surface area contributed by atoms with E-state index in [1.54, 1.807) is 12.1 Å². The Hall–Kier alpha value is -2.71. The molecule has 1 amide bonds. The molecular formula is C16H15N3O2. The van der Waals surface area contributed by atoms with Crippen molar-refractivity contribution in [3.63, 3.8) is 0 Å². The molecule has 5 nitrogen and oxygen atoms in total. The summed E-state index contributed by atoms with van der Waals surface area (Å²) in [5.74, 6) is 4.91. The summed E-state index contributed by atoms with van der Waals surface area (Å²) in [6.07, 6.45) is 1.53. The predicted octanol–water partition coefficient (Wildman–Crippen LogP) is 1.06. The van der Waals surface area contributed by atoms with Gasteiger partial charge in [-0.05, 0) is 31.2 Å². The van der Waals surface area contributed by atoms with Crippen molar-refractivity contribution in [1.82, 2.24) is 15.3 Å². The molecule has 0 bridgehead atoms. The third-order valence-electron chi connectivity index (χ3n) is 2.70. The maximum atomic E-state index is 12.2. The zero-order valence-corrected chi connectivity index (χ0v) is 11.6. The summed E-state index contributed by atoms with van der Waals surface area (Å²) >= 11 is 0. The van der Waals surface area contributed by atoms with Crippen LogP contribution >= 0.6 is 0 Å². The van der Waals surface area contributed by atoms with Gasteiger partial charge in [0.2, 0.25) is 0 Å². The Labute approximate surface area is 123 Å². The van der Waals surface area contributed by atoms with E-state index in [1.807, 2.05) is 25.1 Å². The minimum absolute atomic E-state index is 0.242. The quantitative estimate of drug-likeness (QED) is 0.825. The monoisotopic (exact) mass is 281 g/mol. The number of rotatable bonds is 3. The van der Waals surface area contributed by atoms with Gasteiger partial charge in [-0.3, -0.25) is 9.78 Å². The number of hydrogen-bond acceptors (Lipinski definition) is 4. The Morgan fingerprint density at radius 1 is 1.33 bits per heavy atom. The van der Waals surface area contributed by atoms with E-state index in [4.69, 9.17) is 5.11 Å². The lowest BCUT2D eigenvalue weighted by molar-refractivity contribution is 0.0945. The van der Waals surface area contributed by atoms with E-state index in [0.29, 0.717) is 12.1 Å². The number of aromatic nitrogens is 2. The number of carbonyl (C=O) groups is 1. The summed E-state index contributed by atoms with van der Waals surface area (Å²) in [7, 11) is 0. The molecule has 0 aliphatic heterocycles. The lowest BCUT2D eigenvalue weighted by atomic mass is 10.2. The van der Waals surface area contributed by atoms with Gasteiger partial charge in [-0.15, -0.1) is 0 Å². The molecule has 2 N–H and O–H groups in total. The molecule has 0 spiro atoms. The molecule has 0 atom stereocenters. The number of hydrogen-bond donors (Lipinski definition) is 2. The average Bonchev–Trinajstić information content (AvgIpc) is 2.51. The van der Waals surface area contributed by atoms with Crippen molar-refractivity contribution in [3.05, 3.63) is 59.2 Å². The van der Waals surface area contributed by atoms with Crippen LogP contribution in [0.25, 0.3) is 0 Å². The highest BCUT2D eigenvalue weighted by molar-refractivity contribution is 5.94. The van der Waals surface area contributed by atoms with Gasteiger partial charge >= 0.3 is 0 Å². The number of aliphatic hydroxyl groups is 1. The van der Waals surface area contributed by atoms with Crippen LogP contribution in [0.5, 0.6) is 0 Å². The second kappa shape index (κ2) is 7.17. The van der Waals surface area contributed by atoms with Crippen LogP contribution in [0.2, 0.25) is 0 Å². The van der Waals surface area contributed by atoms with Gasteiger partial charge in [0.15, 0.2) is 0 Å². The summed E-state index contributed by atoms with van der Waals surface area (Å²) in [5.41, 5.74) is 2.41. The Morgan fingerprint density at radius 2 is 2.19 bits per heavy atom. The van der Waals surface area contributed by atoms with Crippen molar-refractivity contribution >= 4 is 5.91 Å². The zero-order valence-electron chi connectivity index (χ0n) is 11.6. The van der Waals surface area contributed by atoms with Crippen LogP contribution in [0.15, 0.2) is 36.5 Å². The van der Waals surface area contributed by atoms with E-state index in [0.717, 1.165) is 11.4 Å². The first kappa shape index (κ1) is 14.7. The minimum Gasteiger partial charge on any atom is -0.384 e. The molecular weight excluding hydrogens is 266 g/mol. The molecule has 21 heavy (non-hydrogen) atoms. The number of aliphatic hydroxyl groups excluding tert-OH is 1. The second-order valence-electron chi connectivity index (χ2n) is 4.31. The fourth-order valence-electron chi connectivity index (χ4n) is 1.77. The molecule has 2 aromatic rings. The van der Waals surface area contributed by atoms with Crippen molar-refractivity contribution < 1.29 is 9.90 Å². The number of amides is 1. The average molecular weight is 281 g/mol. The van der Waals surface area contributed by atoms with E-state index in [-0.39, 0.29) is 18.2 Å². The van der Waals surface area contributed by atoms with Crippen LogP contribution < -0.4 is 5.32 Å². The summed E-state index contributed by atoms with van der Waals surface area (Å²) in [6.45, 7) is 1.96. The summed E-state index contributed by atoms with van der Waals surface area (Å²) in [4.78, 5) is 20.5. The number of carbonyl (C=O) groups excluding carboxylic acids is 1. The zero-order chi connectivity index (χ0) is 15.1. The third kappa shape index (κ3) is 4.13. The molecule has 5 heteroatoms. The van der Waals surface area contributed by atoms with Crippen LogP contribution in [0.1, 0.15) is 27.4 Å². The molecule has 0 saturated carbocycles. The fourth-order valence-corrected chi connectivity index (χ4v) is 1.77. The molecule has 0 aliphatic rings. The molecule has 2 rings (SSSR count). The van der Waals surface area contributed by atoms with E-state index >= 15 is 0 Å². The van der Waals surface area contributed by atoms with Gasteiger partial charge in [-0.25, -0.2) is 4.98 Å². The van der Waals surface area contributed by atoms with Crippen molar-refractivity contribution in [2.75, 3.05) is 6.61 Å². The minimum atomic E-state index is -0.318. The highest BCUT2D eigenvalue weighted by Crippen LogP contribution is 2.04. The van der Waals surface area contributed by atoms with Crippen molar-refractivity contribution in [1.29, 1.82) is 0 Å². The van der Waals surface area contributed by atoms with E-state index < -0.39 is 0 Å². The molecule has 0 aromatic carbocycles. The Balaban J connectivity index is 2.10. The maximum absolute atomic E-state index is 12.2. The first-order chi connectivity index (χ1) is 10.2. The first-order valence-corrected chi connectivity index (χ1v) is 6.46. The van der Waals surface area contributed by atoms with Crippen LogP contribution in [0.4, 0.5) is 0 Å². The van der Waals surface area contributed by atoms with Gasteiger partial charge in [-0.2, -0.15) is 0 Å².